The number of benzene rings is 2. The number of rotatable bonds is 6. The molecular weight excluding hydrogens is 298 g/mol. The Hall–Kier alpha value is -3.09. The van der Waals surface area contributed by atoms with Crippen LogP contribution in [0.1, 0.15) is 5.56 Å². The van der Waals surface area contributed by atoms with Crippen LogP contribution in [0.5, 0.6) is 5.75 Å². The van der Waals surface area contributed by atoms with Crippen LogP contribution in [0.25, 0.3) is 0 Å². The highest BCUT2D eigenvalue weighted by atomic mass is 16.6. The van der Waals surface area contributed by atoms with Gasteiger partial charge in [0.05, 0.1) is 12.0 Å². The second kappa shape index (κ2) is 7.79. The van der Waals surface area contributed by atoms with Crippen molar-refractivity contribution in [3.05, 3.63) is 64.2 Å². The summed E-state index contributed by atoms with van der Waals surface area (Å²) in [4.78, 5) is 22.0. The zero-order valence-corrected chi connectivity index (χ0v) is 12.6. The van der Waals surface area contributed by atoms with Gasteiger partial charge in [-0.3, -0.25) is 10.1 Å². The average molecular weight is 315 g/mol. The number of carbonyl (C=O) groups excluding carboxylic acids is 1. The number of non-ortho nitro benzene ring substituents is 1. The molecular formula is C16H17N3O4. The molecule has 7 heteroatoms. The number of urea groups is 1. The second-order valence-electron chi connectivity index (χ2n) is 4.75. The van der Waals surface area contributed by atoms with Crippen LogP contribution < -0.4 is 15.4 Å². The molecule has 120 valence electrons. The lowest BCUT2D eigenvalue weighted by Gasteiger charge is -2.10. The van der Waals surface area contributed by atoms with Crippen LogP contribution in [0.2, 0.25) is 0 Å². The van der Waals surface area contributed by atoms with Gasteiger partial charge in [-0.15, -0.1) is 0 Å². The maximum absolute atomic E-state index is 11.8. The van der Waals surface area contributed by atoms with E-state index in [1.165, 1.54) is 18.2 Å². The van der Waals surface area contributed by atoms with Gasteiger partial charge in [-0.2, -0.15) is 0 Å². The highest BCUT2D eigenvalue weighted by Crippen LogP contribution is 2.18. The van der Waals surface area contributed by atoms with E-state index in [1.807, 2.05) is 24.3 Å². The Morgan fingerprint density at radius 2 is 2.00 bits per heavy atom. The summed E-state index contributed by atoms with van der Waals surface area (Å²) in [6.07, 6.45) is 0.617. The van der Waals surface area contributed by atoms with E-state index in [1.54, 1.807) is 13.2 Å². The van der Waals surface area contributed by atoms with Gasteiger partial charge in [0.2, 0.25) is 0 Å². The number of hydrogen-bond acceptors (Lipinski definition) is 4. The van der Waals surface area contributed by atoms with Gasteiger partial charge >= 0.3 is 6.03 Å². The number of nitrogens with zero attached hydrogens (tertiary/aromatic N) is 1. The van der Waals surface area contributed by atoms with E-state index in [0.717, 1.165) is 11.3 Å². The molecule has 0 fully saturated rings. The van der Waals surface area contributed by atoms with Crippen molar-refractivity contribution in [3.8, 4) is 5.75 Å². The molecule has 0 atom stereocenters. The third-order valence-corrected chi connectivity index (χ3v) is 3.19. The summed E-state index contributed by atoms with van der Waals surface area (Å²) in [5, 5.41) is 16.0. The molecule has 0 saturated carbocycles. The van der Waals surface area contributed by atoms with Crippen LogP contribution in [0, 0.1) is 10.1 Å². The van der Waals surface area contributed by atoms with Crippen molar-refractivity contribution in [1.82, 2.24) is 5.32 Å². The SMILES string of the molecule is COc1ccccc1CCNC(=O)Nc1cccc([N+](=O)[O-])c1. The number of para-hydroxylation sites is 1. The standard InChI is InChI=1S/C16H17N3O4/c1-23-15-8-3-2-5-12(15)9-10-17-16(20)18-13-6-4-7-14(11-13)19(21)22/h2-8,11H,9-10H2,1H3,(H2,17,18,20). The van der Waals surface area contributed by atoms with Gasteiger partial charge in [-0.05, 0) is 24.1 Å². The number of hydrogen-bond donors (Lipinski definition) is 2. The van der Waals surface area contributed by atoms with Crippen LogP contribution in [0.4, 0.5) is 16.2 Å². The van der Waals surface area contributed by atoms with Crippen molar-refractivity contribution >= 4 is 17.4 Å². The Morgan fingerprint density at radius 3 is 2.74 bits per heavy atom. The smallest absolute Gasteiger partial charge is 0.319 e. The topological polar surface area (TPSA) is 93.5 Å². The van der Waals surface area contributed by atoms with Gasteiger partial charge in [-0.1, -0.05) is 24.3 Å². The van der Waals surface area contributed by atoms with Crippen molar-refractivity contribution in [1.29, 1.82) is 0 Å². The fraction of sp³-hybridized carbons (Fsp3) is 0.188. The van der Waals surface area contributed by atoms with Crippen LogP contribution in [0.3, 0.4) is 0 Å². The predicted molar refractivity (Wildman–Crippen MR) is 86.8 cm³/mol. The molecule has 0 saturated heterocycles. The molecule has 0 heterocycles. The predicted octanol–water partition coefficient (Wildman–Crippen LogP) is 2.97. The van der Waals surface area contributed by atoms with Gasteiger partial charge in [0.1, 0.15) is 5.75 Å². The molecule has 0 aromatic heterocycles. The first-order valence-corrected chi connectivity index (χ1v) is 7.01. The van der Waals surface area contributed by atoms with Crippen molar-refractivity contribution in [2.45, 2.75) is 6.42 Å². The van der Waals surface area contributed by atoms with E-state index in [9.17, 15) is 14.9 Å². The Kier molecular flexibility index (Phi) is 5.51. The number of ether oxygens (including phenoxy) is 1. The quantitative estimate of drug-likeness (QED) is 0.633. The number of nitrogens with one attached hydrogen (secondary N) is 2. The summed E-state index contributed by atoms with van der Waals surface area (Å²) in [6, 6.07) is 12.9. The number of carbonyl (C=O) groups is 1. The minimum atomic E-state index is -0.509. The monoisotopic (exact) mass is 315 g/mol. The van der Waals surface area contributed by atoms with Gasteiger partial charge in [0.15, 0.2) is 0 Å². The molecule has 23 heavy (non-hydrogen) atoms. The van der Waals surface area contributed by atoms with Gasteiger partial charge in [0.25, 0.3) is 5.69 Å². The number of nitro groups is 1. The number of nitro benzene ring substituents is 1. The summed E-state index contributed by atoms with van der Waals surface area (Å²) >= 11 is 0. The molecule has 7 nitrogen and oxygen atoms in total. The second-order valence-corrected chi connectivity index (χ2v) is 4.75. The first-order valence-electron chi connectivity index (χ1n) is 7.01. The summed E-state index contributed by atoms with van der Waals surface area (Å²) in [7, 11) is 1.60. The molecule has 0 bridgehead atoms. The Labute approximate surface area is 133 Å². The summed E-state index contributed by atoms with van der Waals surface area (Å²) < 4.78 is 5.24. The van der Waals surface area contributed by atoms with E-state index in [2.05, 4.69) is 10.6 Å². The molecule has 0 aliphatic rings. The van der Waals surface area contributed by atoms with Crippen LogP contribution >= 0.6 is 0 Å². The number of methoxy groups -OCH3 is 1. The molecule has 0 unspecified atom stereocenters. The molecule has 2 N–H and O–H groups in total. The lowest BCUT2D eigenvalue weighted by Crippen LogP contribution is -2.30. The zero-order chi connectivity index (χ0) is 16.7. The maximum atomic E-state index is 11.8. The van der Waals surface area contributed by atoms with Crippen molar-refractivity contribution in [2.75, 3.05) is 19.0 Å². The Balaban J connectivity index is 1.86. The third kappa shape index (κ3) is 4.70. The fourth-order valence-corrected chi connectivity index (χ4v) is 2.09. The van der Waals surface area contributed by atoms with Crippen LogP contribution in [-0.2, 0) is 6.42 Å². The van der Waals surface area contributed by atoms with Gasteiger partial charge < -0.3 is 15.4 Å². The highest BCUT2D eigenvalue weighted by Gasteiger charge is 2.08. The largest absolute Gasteiger partial charge is 0.496 e. The summed E-state index contributed by atoms with van der Waals surface area (Å²) in [5.74, 6) is 0.772. The lowest BCUT2D eigenvalue weighted by atomic mass is 10.1. The van der Waals surface area contributed by atoms with Crippen molar-refractivity contribution in [3.63, 3.8) is 0 Å². The lowest BCUT2D eigenvalue weighted by molar-refractivity contribution is -0.384. The normalized spacial score (nSPS) is 9.96. The third-order valence-electron chi connectivity index (χ3n) is 3.19. The van der Waals surface area contributed by atoms with Crippen LogP contribution in [-0.4, -0.2) is 24.6 Å². The first kappa shape index (κ1) is 16.3. The Morgan fingerprint density at radius 1 is 1.22 bits per heavy atom. The fourth-order valence-electron chi connectivity index (χ4n) is 2.09. The molecule has 2 amide bonds. The first-order chi connectivity index (χ1) is 11.1. The molecule has 0 radical (unpaired) electrons. The van der Waals surface area contributed by atoms with Crippen molar-refractivity contribution in [2.24, 2.45) is 0 Å². The number of anilines is 1. The molecule has 0 aliphatic carbocycles. The summed E-state index contributed by atoms with van der Waals surface area (Å²) in [5.41, 5.74) is 1.29. The van der Waals surface area contributed by atoms with E-state index in [4.69, 9.17) is 4.74 Å². The van der Waals surface area contributed by atoms with Crippen LogP contribution in [0.15, 0.2) is 48.5 Å². The minimum Gasteiger partial charge on any atom is -0.496 e. The van der Waals surface area contributed by atoms with Gasteiger partial charge in [0, 0.05) is 24.4 Å². The van der Waals surface area contributed by atoms with E-state index >= 15 is 0 Å². The van der Waals surface area contributed by atoms with E-state index in [-0.39, 0.29) is 5.69 Å². The molecule has 2 aromatic rings. The summed E-state index contributed by atoms with van der Waals surface area (Å²) in [6.45, 7) is 0.418. The van der Waals surface area contributed by atoms with E-state index < -0.39 is 11.0 Å². The van der Waals surface area contributed by atoms with E-state index in [0.29, 0.717) is 18.7 Å². The molecule has 0 spiro atoms. The van der Waals surface area contributed by atoms with Gasteiger partial charge in [-0.25, -0.2) is 4.79 Å². The molecule has 0 aliphatic heterocycles. The highest BCUT2D eigenvalue weighted by molar-refractivity contribution is 5.89. The average Bonchev–Trinajstić information content (AvgIpc) is 2.55. The zero-order valence-electron chi connectivity index (χ0n) is 12.6. The molecule has 2 rings (SSSR count). The maximum Gasteiger partial charge on any atom is 0.319 e. The Bertz CT molecular complexity index is 703. The number of amides is 2. The molecule has 2 aromatic carbocycles. The van der Waals surface area contributed by atoms with Crippen molar-refractivity contribution < 1.29 is 14.5 Å². The minimum absolute atomic E-state index is 0.0724.